The molecule has 1 aromatic carbocycles. The van der Waals surface area contributed by atoms with Crippen LogP contribution in [0.4, 0.5) is 11.4 Å². The van der Waals surface area contributed by atoms with Crippen LogP contribution in [-0.4, -0.2) is 37.5 Å². The summed E-state index contributed by atoms with van der Waals surface area (Å²) in [5.74, 6) is 1.41. The Morgan fingerprint density at radius 1 is 1.28 bits per heavy atom. The molecule has 2 rings (SSSR count). The van der Waals surface area contributed by atoms with E-state index in [1.165, 1.54) is 0 Å². The molecular formula is C13H20N2O3. The van der Waals surface area contributed by atoms with Gasteiger partial charge in [-0.2, -0.15) is 0 Å². The first kappa shape index (κ1) is 12.8. The molecule has 0 fully saturated rings. The molecule has 0 amide bonds. The van der Waals surface area contributed by atoms with Gasteiger partial charge in [0.2, 0.25) is 0 Å². The van der Waals surface area contributed by atoms with E-state index in [2.05, 4.69) is 13.8 Å². The highest BCUT2D eigenvalue weighted by atomic mass is 16.6. The summed E-state index contributed by atoms with van der Waals surface area (Å²) in [4.78, 5) is 2.05. The largest absolute Gasteiger partial charge is 0.486 e. The summed E-state index contributed by atoms with van der Waals surface area (Å²) in [5, 5.41) is 9.14. The summed E-state index contributed by atoms with van der Waals surface area (Å²) in [6.45, 7) is 5.86. The van der Waals surface area contributed by atoms with Crippen LogP contribution in [0, 0.1) is 0 Å². The zero-order valence-electron chi connectivity index (χ0n) is 10.8. The maximum atomic E-state index is 9.14. The van der Waals surface area contributed by atoms with Crippen molar-refractivity contribution in [3.05, 3.63) is 12.1 Å². The van der Waals surface area contributed by atoms with E-state index in [1.54, 1.807) is 6.07 Å². The molecule has 0 saturated carbocycles. The van der Waals surface area contributed by atoms with Gasteiger partial charge in [0.05, 0.1) is 18.0 Å². The van der Waals surface area contributed by atoms with E-state index in [0.29, 0.717) is 36.9 Å². The molecule has 3 N–H and O–H groups in total. The second kappa shape index (κ2) is 5.35. The van der Waals surface area contributed by atoms with E-state index in [0.717, 1.165) is 5.69 Å². The number of ether oxygens (including phenoxy) is 2. The number of rotatable bonds is 4. The monoisotopic (exact) mass is 252 g/mol. The van der Waals surface area contributed by atoms with Crippen molar-refractivity contribution in [3.63, 3.8) is 0 Å². The Morgan fingerprint density at radius 2 is 1.89 bits per heavy atom. The van der Waals surface area contributed by atoms with Gasteiger partial charge in [-0.25, -0.2) is 0 Å². The molecule has 5 nitrogen and oxygen atoms in total. The highest BCUT2D eigenvalue weighted by molar-refractivity contribution is 5.73. The predicted octanol–water partition coefficient (Wildman–Crippen LogP) is 1.25. The van der Waals surface area contributed by atoms with Gasteiger partial charge < -0.3 is 25.2 Å². The van der Waals surface area contributed by atoms with E-state index in [9.17, 15) is 0 Å². The van der Waals surface area contributed by atoms with Crippen LogP contribution in [0.2, 0.25) is 0 Å². The standard InChI is InChI=1S/C13H20N2O3/c1-9(2)15(3-4-16)11-8-13-12(7-10(11)14)17-5-6-18-13/h7-9,16H,3-6,14H2,1-2H3. The van der Waals surface area contributed by atoms with E-state index in [-0.39, 0.29) is 12.6 Å². The lowest BCUT2D eigenvalue weighted by molar-refractivity contribution is 0.171. The molecule has 1 aromatic rings. The summed E-state index contributed by atoms with van der Waals surface area (Å²) >= 11 is 0. The van der Waals surface area contributed by atoms with Gasteiger partial charge in [0.15, 0.2) is 11.5 Å². The minimum absolute atomic E-state index is 0.0893. The van der Waals surface area contributed by atoms with Crippen LogP contribution >= 0.6 is 0 Å². The Morgan fingerprint density at radius 3 is 2.44 bits per heavy atom. The number of benzene rings is 1. The fraction of sp³-hybridized carbons (Fsp3) is 0.538. The SMILES string of the molecule is CC(C)N(CCO)c1cc2c(cc1N)OCCO2. The zero-order chi connectivity index (χ0) is 13.1. The van der Waals surface area contributed by atoms with Gasteiger partial charge in [0.1, 0.15) is 13.2 Å². The van der Waals surface area contributed by atoms with Crippen LogP contribution in [0.3, 0.4) is 0 Å². The summed E-state index contributed by atoms with van der Waals surface area (Å²) < 4.78 is 11.0. The average Bonchev–Trinajstić information content (AvgIpc) is 2.35. The van der Waals surface area contributed by atoms with Crippen LogP contribution < -0.4 is 20.1 Å². The molecule has 0 bridgehead atoms. The fourth-order valence-electron chi connectivity index (χ4n) is 2.11. The lowest BCUT2D eigenvalue weighted by Gasteiger charge is -2.31. The summed E-state index contributed by atoms with van der Waals surface area (Å²) in [5.41, 5.74) is 7.57. The van der Waals surface area contributed by atoms with Gasteiger partial charge in [-0.1, -0.05) is 0 Å². The van der Waals surface area contributed by atoms with Gasteiger partial charge in [-0.3, -0.25) is 0 Å². The first-order valence-electron chi connectivity index (χ1n) is 6.20. The number of aliphatic hydroxyl groups excluding tert-OH is 1. The van der Waals surface area contributed by atoms with Crippen molar-refractivity contribution < 1.29 is 14.6 Å². The van der Waals surface area contributed by atoms with E-state index in [1.807, 2.05) is 11.0 Å². The molecule has 100 valence electrons. The number of nitrogens with two attached hydrogens (primary N) is 1. The van der Waals surface area contributed by atoms with Crippen molar-refractivity contribution in [3.8, 4) is 11.5 Å². The molecule has 5 heteroatoms. The lowest BCUT2D eigenvalue weighted by atomic mass is 10.1. The van der Waals surface area contributed by atoms with Crippen LogP contribution in [0.15, 0.2) is 12.1 Å². The number of hydrogen-bond donors (Lipinski definition) is 2. The summed E-state index contributed by atoms with van der Waals surface area (Å²) in [6.07, 6.45) is 0. The molecule has 1 heterocycles. The van der Waals surface area contributed by atoms with Crippen LogP contribution in [-0.2, 0) is 0 Å². The first-order valence-corrected chi connectivity index (χ1v) is 6.20. The number of hydrogen-bond acceptors (Lipinski definition) is 5. The smallest absolute Gasteiger partial charge is 0.163 e. The second-order valence-corrected chi connectivity index (χ2v) is 4.57. The quantitative estimate of drug-likeness (QED) is 0.789. The molecule has 1 aliphatic heterocycles. The summed E-state index contributed by atoms with van der Waals surface area (Å²) in [6, 6.07) is 3.93. The van der Waals surface area contributed by atoms with Crippen molar-refractivity contribution in [2.75, 3.05) is 37.0 Å². The zero-order valence-corrected chi connectivity index (χ0v) is 10.8. The molecule has 0 aromatic heterocycles. The third-order valence-corrected chi connectivity index (χ3v) is 2.97. The number of fused-ring (bicyclic) bond motifs is 1. The van der Waals surface area contributed by atoms with Crippen molar-refractivity contribution in [1.82, 2.24) is 0 Å². The normalized spacial score (nSPS) is 13.8. The van der Waals surface area contributed by atoms with E-state index in [4.69, 9.17) is 20.3 Å². The molecule has 1 aliphatic rings. The lowest BCUT2D eigenvalue weighted by Crippen LogP contribution is -2.34. The predicted molar refractivity (Wildman–Crippen MR) is 71.4 cm³/mol. The van der Waals surface area contributed by atoms with Crippen LogP contribution in [0.25, 0.3) is 0 Å². The van der Waals surface area contributed by atoms with Crippen molar-refractivity contribution in [2.24, 2.45) is 0 Å². The van der Waals surface area contributed by atoms with Gasteiger partial charge in [0, 0.05) is 24.7 Å². The van der Waals surface area contributed by atoms with Gasteiger partial charge in [-0.05, 0) is 13.8 Å². The second-order valence-electron chi connectivity index (χ2n) is 4.57. The van der Waals surface area contributed by atoms with Gasteiger partial charge >= 0.3 is 0 Å². The third-order valence-electron chi connectivity index (χ3n) is 2.97. The Balaban J connectivity index is 2.36. The minimum atomic E-state index is 0.0893. The Bertz CT molecular complexity index is 421. The minimum Gasteiger partial charge on any atom is -0.486 e. The fourth-order valence-corrected chi connectivity index (χ4v) is 2.11. The van der Waals surface area contributed by atoms with E-state index < -0.39 is 0 Å². The van der Waals surface area contributed by atoms with Gasteiger partial charge in [0.25, 0.3) is 0 Å². The Kier molecular flexibility index (Phi) is 3.81. The van der Waals surface area contributed by atoms with Crippen LogP contribution in [0.1, 0.15) is 13.8 Å². The van der Waals surface area contributed by atoms with Crippen molar-refractivity contribution >= 4 is 11.4 Å². The highest BCUT2D eigenvalue weighted by Crippen LogP contribution is 2.39. The maximum absolute atomic E-state index is 9.14. The number of anilines is 2. The summed E-state index contributed by atoms with van der Waals surface area (Å²) in [7, 11) is 0. The van der Waals surface area contributed by atoms with Gasteiger partial charge in [-0.15, -0.1) is 0 Å². The van der Waals surface area contributed by atoms with Crippen molar-refractivity contribution in [2.45, 2.75) is 19.9 Å². The third kappa shape index (κ3) is 2.46. The van der Waals surface area contributed by atoms with E-state index >= 15 is 0 Å². The molecule has 0 aliphatic carbocycles. The Labute approximate surface area is 107 Å². The molecule has 0 radical (unpaired) electrons. The number of nitrogens with zero attached hydrogens (tertiary/aromatic N) is 1. The van der Waals surface area contributed by atoms with Crippen LogP contribution in [0.5, 0.6) is 11.5 Å². The number of aliphatic hydroxyl groups is 1. The first-order chi connectivity index (χ1) is 8.63. The molecule has 0 saturated heterocycles. The topological polar surface area (TPSA) is 68.0 Å². The average molecular weight is 252 g/mol. The molecular weight excluding hydrogens is 232 g/mol. The number of nitrogen functional groups attached to an aromatic ring is 1. The Hall–Kier alpha value is -1.62. The molecule has 0 spiro atoms. The molecule has 0 unspecified atom stereocenters. The molecule has 18 heavy (non-hydrogen) atoms. The maximum Gasteiger partial charge on any atom is 0.163 e. The molecule has 0 atom stereocenters. The highest BCUT2D eigenvalue weighted by Gasteiger charge is 2.19. The van der Waals surface area contributed by atoms with Crippen molar-refractivity contribution in [1.29, 1.82) is 0 Å².